The number of halogens is 8. The minimum Gasteiger partial charge on any atom is -0.486 e. The molecule has 333 valence electrons. The van der Waals surface area contributed by atoms with Crippen molar-refractivity contribution < 1.29 is 77.5 Å². The molecule has 63 heavy (non-hydrogen) atoms. The standard InChI is InChI=1S/C33H25F8N2O.C17H20N.Ir/c1-16-13-18(15-29(3,4)5)9-10-20(16)19-11-12-42-23(14-19)21-7-6-8-22-24-26-25(17(2)43-28(24)44-27(21)22)30(34,35)32(38,39)33(40,41)31(26,36)37;1-13-5-8-15(9-6-13)16-10-7-14(12-18-16)11-17(2,3)4;/h6,8-14H,15H2,1-5H3;5-8,10,12H,11H2,1-4H3;/q2*-1;/i1D3,2D3,15D2;1D3,11D2;. The van der Waals surface area contributed by atoms with Crippen LogP contribution in [0.1, 0.15) is 98.4 Å². The Morgan fingerprint density at radius 3 is 2.00 bits per heavy atom. The van der Waals surface area contributed by atoms with Crippen LogP contribution in [-0.4, -0.2) is 26.8 Å². The molecule has 3 aromatic carbocycles. The van der Waals surface area contributed by atoms with Crippen LogP contribution in [0.15, 0.2) is 89.6 Å². The normalized spacial score (nSPS) is 20.3. The summed E-state index contributed by atoms with van der Waals surface area (Å²) in [4.78, 5) is 11.9. The maximum absolute atomic E-state index is 15.6. The van der Waals surface area contributed by atoms with Gasteiger partial charge in [0.05, 0.1) is 22.4 Å². The first kappa shape index (κ1) is 32.6. The zero-order valence-corrected chi connectivity index (χ0v) is 36.6. The molecule has 0 aliphatic heterocycles. The molecule has 0 atom stereocenters. The number of rotatable bonds is 5. The first-order chi connectivity index (χ1) is 33.9. The molecule has 0 fully saturated rings. The molecule has 0 saturated carbocycles. The number of alkyl halides is 8. The molecule has 8 rings (SSSR count). The van der Waals surface area contributed by atoms with E-state index in [-0.39, 0.29) is 59.2 Å². The second-order valence-corrected chi connectivity index (χ2v) is 16.7. The maximum atomic E-state index is 15.6. The van der Waals surface area contributed by atoms with Gasteiger partial charge in [-0.15, -0.1) is 53.6 Å². The van der Waals surface area contributed by atoms with Crippen LogP contribution in [0.3, 0.4) is 0 Å². The molecule has 7 aromatic rings. The van der Waals surface area contributed by atoms with Gasteiger partial charge in [0.1, 0.15) is 0 Å². The summed E-state index contributed by atoms with van der Waals surface area (Å²) in [5.74, 6) is -25.6. The Balaban J connectivity index is 0.000000327. The van der Waals surface area contributed by atoms with Gasteiger partial charge in [0.2, 0.25) is 5.71 Å². The Hall–Kier alpha value is -5.00. The molecule has 0 unspecified atom stereocenters. The van der Waals surface area contributed by atoms with E-state index in [1.807, 2.05) is 20.8 Å². The Morgan fingerprint density at radius 2 is 1.40 bits per heavy atom. The van der Waals surface area contributed by atoms with Crippen LogP contribution in [0.5, 0.6) is 0 Å². The molecule has 0 N–H and O–H groups in total. The number of pyridine rings is 3. The van der Waals surface area contributed by atoms with E-state index in [4.69, 9.17) is 22.2 Å². The van der Waals surface area contributed by atoms with Crippen LogP contribution < -0.4 is 0 Å². The van der Waals surface area contributed by atoms with E-state index in [1.165, 1.54) is 48.8 Å². The number of aromatic nitrogens is 3. The molecular formula is C50H45F8IrN3O-2. The molecule has 1 radical (unpaired) electrons. The van der Waals surface area contributed by atoms with Gasteiger partial charge in [-0.3, -0.25) is 0 Å². The minimum absolute atomic E-state index is 0. The van der Waals surface area contributed by atoms with Crippen molar-refractivity contribution >= 4 is 22.1 Å². The average Bonchev–Trinajstić information content (AvgIpc) is 3.67. The summed E-state index contributed by atoms with van der Waals surface area (Å²) in [6.07, 6.45) is -0.719. The number of hydrogen-bond donors (Lipinski definition) is 0. The van der Waals surface area contributed by atoms with E-state index in [1.54, 1.807) is 45.0 Å². The molecule has 0 saturated heterocycles. The van der Waals surface area contributed by atoms with Crippen LogP contribution in [0.4, 0.5) is 35.1 Å². The van der Waals surface area contributed by atoms with Crippen LogP contribution in [0.25, 0.3) is 55.7 Å². The fourth-order valence-electron chi connectivity index (χ4n) is 6.98. The molecule has 13 heteroatoms. The summed E-state index contributed by atoms with van der Waals surface area (Å²) < 4.78 is 229. The van der Waals surface area contributed by atoms with Crippen molar-refractivity contribution in [2.45, 2.75) is 98.5 Å². The first-order valence-corrected chi connectivity index (χ1v) is 18.9. The van der Waals surface area contributed by atoms with E-state index in [0.717, 1.165) is 12.1 Å². The number of nitrogens with zero attached hydrogens (tertiary/aromatic N) is 3. The molecular weight excluding hydrogens is 1000 g/mol. The van der Waals surface area contributed by atoms with Gasteiger partial charge in [-0.05, 0) is 82.6 Å². The van der Waals surface area contributed by atoms with Gasteiger partial charge in [0.15, 0.2) is 0 Å². The first-order valence-electron chi connectivity index (χ1n) is 25.4. The van der Waals surface area contributed by atoms with E-state index >= 15 is 17.6 Å². The van der Waals surface area contributed by atoms with Crippen molar-refractivity contribution in [3.63, 3.8) is 0 Å². The van der Waals surface area contributed by atoms with Gasteiger partial charge in [0.25, 0.3) is 0 Å². The van der Waals surface area contributed by atoms with Gasteiger partial charge < -0.3 is 14.4 Å². The molecule has 0 amide bonds. The van der Waals surface area contributed by atoms with Crippen molar-refractivity contribution in [1.82, 2.24) is 15.0 Å². The second kappa shape index (κ2) is 16.5. The zero-order valence-electron chi connectivity index (χ0n) is 47.2. The van der Waals surface area contributed by atoms with Crippen molar-refractivity contribution in [2.24, 2.45) is 10.8 Å². The van der Waals surface area contributed by atoms with Gasteiger partial charge in [-0.25, -0.2) is 4.98 Å². The third-order valence-corrected chi connectivity index (χ3v) is 9.63. The largest absolute Gasteiger partial charge is 0.486 e. The summed E-state index contributed by atoms with van der Waals surface area (Å²) in [5.41, 5.74) is -8.26. The molecule has 0 bridgehead atoms. The Labute approximate surface area is 393 Å². The summed E-state index contributed by atoms with van der Waals surface area (Å²) in [5, 5.41) is -1.89. The van der Waals surface area contributed by atoms with Gasteiger partial charge in [0, 0.05) is 55.7 Å². The zero-order chi connectivity index (χ0) is 56.5. The quantitative estimate of drug-likeness (QED) is 0.127. The van der Waals surface area contributed by atoms with Crippen molar-refractivity contribution in [3.05, 3.63) is 136 Å². The number of aryl methyl sites for hydroxylation is 3. The maximum Gasteiger partial charge on any atom is 0.383 e. The van der Waals surface area contributed by atoms with Crippen molar-refractivity contribution in [1.29, 1.82) is 0 Å². The average molecular weight is 1060 g/mol. The topological polar surface area (TPSA) is 51.8 Å². The SMILES string of the molecule is [2H]C([2H])([2H])c1c[c-]c(-c2ccc(C([2H])([2H])C(C)(C)C)cn2)cc1.[2H]C([2H])([2H])c1cc(C([2H])([2H])C(C)(C)C)ccc1-c1ccnc(-c2[c-]ccc3c2oc2nc(C([2H])([2H])[2H])c4c(c23)C(F)(F)C(F)(F)C(F)(F)C4(F)F)c1.[Ir]. The number of furan rings is 1. The van der Waals surface area contributed by atoms with Crippen LogP contribution >= 0.6 is 0 Å². The molecule has 4 heterocycles. The number of benzene rings is 3. The fourth-order valence-corrected chi connectivity index (χ4v) is 6.98. The third kappa shape index (κ3) is 8.67. The fraction of sp³-hybridized carbons (Fsp3) is 0.340. The molecule has 4 nitrogen and oxygen atoms in total. The molecule has 1 aliphatic rings. The third-order valence-electron chi connectivity index (χ3n) is 9.63. The minimum atomic E-state index is -6.74. The Kier molecular flexibility index (Phi) is 8.56. The van der Waals surface area contributed by atoms with Crippen LogP contribution in [0.2, 0.25) is 0 Å². The molecule has 4 aromatic heterocycles. The summed E-state index contributed by atoms with van der Waals surface area (Å²) in [6, 6.07) is 22.4. The molecule has 0 spiro atoms. The summed E-state index contributed by atoms with van der Waals surface area (Å²) in [6.45, 7) is 1.69. The predicted molar refractivity (Wildman–Crippen MR) is 226 cm³/mol. The predicted octanol–water partition coefficient (Wildman–Crippen LogP) is 14.6. The number of fused-ring (bicyclic) bond motifs is 5. The summed E-state index contributed by atoms with van der Waals surface area (Å²) >= 11 is 0. The van der Waals surface area contributed by atoms with E-state index in [9.17, 15) is 17.6 Å². The summed E-state index contributed by atoms with van der Waals surface area (Å²) in [7, 11) is 0. The van der Waals surface area contributed by atoms with Crippen LogP contribution in [0, 0.1) is 43.5 Å². The van der Waals surface area contributed by atoms with Crippen LogP contribution in [-0.2, 0) is 44.7 Å². The smallest absolute Gasteiger partial charge is 0.383 e. The monoisotopic (exact) mass is 1060 g/mol. The van der Waals surface area contributed by atoms with Gasteiger partial charge >= 0.3 is 23.7 Å². The van der Waals surface area contributed by atoms with Crippen molar-refractivity contribution in [2.75, 3.05) is 0 Å². The number of hydrogen-bond acceptors (Lipinski definition) is 4. The van der Waals surface area contributed by atoms with E-state index in [0.29, 0.717) is 16.8 Å². The van der Waals surface area contributed by atoms with Crippen molar-refractivity contribution in [3.8, 4) is 33.6 Å². The Bertz CT molecular complexity index is 3330. The second-order valence-electron chi connectivity index (χ2n) is 16.7. The van der Waals surface area contributed by atoms with Gasteiger partial charge in [-0.1, -0.05) is 95.7 Å². The van der Waals surface area contributed by atoms with E-state index in [2.05, 4.69) is 27.1 Å². The molecule has 1 aliphatic carbocycles. The van der Waals surface area contributed by atoms with E-state index < -0.39 is 107 Å². The Morgan fingerprint density at radius 1 is 0.714 bits per heavy atom. The van der Waals surface area contributed by atoms with Gasteiger partial charge in [-0.2, -0.15) is 35.1 Å².